The number of hydrogen-bond acceptors (Lipinski definition) is 7. The van der Waals surface area contributed by atoms with Crippen LogP contribution in [0.3, 0.4) is 0 Å². The fourth-order valence-corrected chi connectivity index (χ4v) is 5.17. The summed E-state index contributed by atoms with van der Waals surface area (Å²) in [5, 5.41) is 35.8. The Hall–Kier alpha value is -1.56. The maximum absolute atomic E-state index is 10.8. The van der Waals surface area contributed by atoms with Crippen molar-refractivity contribution in [1.29, 1.82) is 5.41 Å². The fraction of sp³-hybridized carbons (Fsp3) is 0.556. The maximum atomic E-state index is 10.8. The van der Waals surface area contributed by atoms with Crippen LogP contribution in [-0.2, 0) is 4.74 Å². The fourth-order valence-electron chi connectivity index (χ4n) is 5.17. The summed E-state index contributed by atoms with van der Waals surface area (Å²) in [6.45, 7) is 11.1. The van der Waals surface area contributed by atoms with E-state index in [1.807, 2.05) is 6.08 Å². The predicted molar refractivity (Wildman–Crippen MR) is 148 cm³/mol. The number of aliphatic imine (C=N–C) groups is 1. The van der Waals surface area contributed by atoms with Crippen LogP contribution in [0.5, 0.6) is 5.75 Å². The normalized spacial score (nSPS) is 19.5. The second-order valence-corrected chi connectivity index (χ2v) is 10.8. The molecular weight excluding hydrogens is 493 g/mol. The molecule has 2 heterocycles. The van der Waals surface area contributed by atoms with Gasteiger partial charge >= 0.3 is 51.4 Å². The second-order valence-electron chi connectivity index (χ2n) is 10.8. The van der Waals surface area contributed by atoms with E-state index in [1.165, 1.54) is 25.8 Å². The number of nitrogens with one attached hydrogen (secondary N) is 2. The summed E-state index contributed by atoms with van der Waals surface area (Å²) in [6.07, 6.45) is 5.61. The number of aromatic hydroxyl groups is 1. The molecule has 37 heavy (non-hydrogen) atoms. The topological polar surface area (TPSA) is 120 Å². The molecule has 0 amide bonds. The van der Waals surface area contributed by atoms with Crippen LogP contribution in [0.1, 0.15) is 71.4 Å². The van der Waals surface area contributed by atoms with E-state index in [2.05, 4.69) is 72.4 Å². The van der Waals surface area contributed by atoms with Crippen LogP contribution >= 0.6 is 0 Å². The Balaban J connectivity index is 0.00000481. The van der Waals surface area contributed by atoms with E-state index in [-0.39, 0.29) is 80.1 Å². The molecule has 0 aliphatic carbocycles. The largest absolute Gasteiger partial charge is 1.00 e. The van der Waals surface area contributed by atoms with Gasteiger partial charge in [0, 0.05) is 36.2 Å². The molecule has 0 spiro atoms. The summed E-state index contributed by atoms with van der Waals surface area (Å²) < 4.78 is 5.01. The molecule has 196 valence electrons. The molecule has 2 aliphatic rings. The number of rotatable bonds is 4. The SMILES string of the molecule is CCC1=CC(c2ccc(C(=N)N=C([N-]C)OC)cc2O)=NN=C(N(C)C2CC(C)(C)NC(C)(C)C2)C1.[K+]. The second kappa shape index (κ2) is 13.0. The van der Waals surface area contributed by atoms with E-state index < -0.39 is 0 Å². The number of ether oxygens (including phenoxy) is 1. The van der Waals surface area contributed by atoms with Gasteiger partial charge in [-0.05, 0) is 70.7 Å². The molecule has 9 nitrogen and oxygen atoms in total. The number of benzene rings is 1. The van der Waals surface area contributed by atoms with Gasteiger partial charge in [-0.25, -0.2) is 0 Å². The van der Waals surface area contributed by atoms with Gasteiger partial charge in [-0.15, -0.1) is 10.2 Å². The van der Waals surface area contributed by atoms with Gasteiger partial charge in [0.05, 0.1) is 24.7 Å². The minimum atomic E-state index is -0.0540. The first-order valence-electron chi connectivity index (χ1n) is 12.4. The minimum Gasteiger partial charge on any atom is -0.507 e. The number of phenols is 1. The van der Waals surface area contributed by atoms with Crippen molar-refractivity contribution >= 4 is 23.4 Å². The van der Waals surface area contributed by atoms with Crippen molar-refractivity contribution in [3.63, 3.8) is 0 Å². The van der Waals surface area contributed by atoms with Crippen LogP contribution in [0.4, 0.5) is 0 Å². The van der Waals surface area contributed by atoms with Crippen molar-refractivity contribution in [1.82, 2.24) is 10.2 Å². The van der Waals surface area contributed by atoms with Gasteiger partial charge < -0.3 is 35.8 Å². The molecule has 3 rings (SSSR count). The third-order valence-electron chi connectivity index (χ3n) is 6.71. The average Bonchev–Trinajstić information content (AvgIpc) is 3.02. The van der Waals surface area contributed by atoms with Gasteiger partial charge in [-0.3, -0.25) is 0 Å². The Bertz CT molecular complexity index is 1100. The molecule has 0 aromatic heterocycles. The van der Waals surface area contributed by atoms with Crippen LogP contribution in [-0.4, -0.2) is 71.7 Å². The Labute approximate surface area is 263 Å². The molecule has 0 unspecified atom stereocenters. The molecule has 10 heteroatoms. The number of amidine groups is 3. The molecule has 1 aromatic carbocycles. The quantitative estimate of drug-likeness (QED) is 0.311. The Morgan fingerprint density at radius 1 is 1.24 bits per heavy atom. The van der Waals surface area contributed by atoms with Gasteiger partial charge in [0.1, 0.15) is 11.6 Å². The van der Waals surface area contributed by atoms with Crippen LogP contribution in [0.15, 0.2) is 45.0 Å². The van der Waals surface area contributed by atoms with Crippen molar-refractivity contribution in [2.24, 2.45) is 15.2 Å². The monoisotopic (exact) mass is 533 g/mol. The molecule has 1 fully saturated rings. The zero-order valence-corrected chi connectivity index (χ0v) is 26.9. The average molecular weight is 534 g/mol. The number of allylic oxidation sites excluding steroid dienone is 1. The van der Waals surface area contributed by atoms with E-state index in [4.69, 9.17) is 10.1 Å². The molecule has 0 radical (unpaired) electrons. The van der Waals surface area contributed by atoms with E-state index >= 15 is 0 Å². The molecule has 0 saturated carbocycles. The molecular formula is C27H40KN7O2. The third kappa shape index (κ3) is 8.21. The summed E-state index contributed by atoms with van der Waals surface area (Å²) in [5.41, 5.74) is 2.86. The first-order valence-corrected chi connectivity index (χ1v) is 12.4. The molecule has 1 aromatic rings. The van der Waals surface area contributed by atoms with Crippen LogP contribution in [0.25, 0.3) is 5.32 Å². The van der Waals surface area contributed by atoms with Gasteiger partial charge in [0.2, 0.25) is 0 Å². The number of nitrogens with zero attached hydrogens (tertiary/aromatic N) is 5. The smallest absolute Gasteiger partial charge is 0.507 e. The Morgan fingerprint density at radius 3 is 2.43 bits per heavy atom. The molecule has 0 bridgehead atoms. The predicted octanol–water partition coefficient (Wildman–Crippen LogP) is 1.81. The molecule has 3 N–H and O–H groups in total. The third-order valence-corrected chi connectivity index (χ3v) is 6.71. The van der Waals surface area contributed by atoms with E-state index in [9.17, 15) is 5.11 Å². The standard InChI is InChI=1S/C27H40N7O2.K/c1-9-17-12-21(20-11-10-18(14-22(20)35)24(28)30-25(29-6)36-8)31-32-23(13-17)34(7)19-15-26(2,3)33-27(4,5)16-19;/h10-12,14,19,33H,9,13,15-16H2,1-8H3,(H2-,28,29,30,31,35);/q-1;+1. The van der Waals surface area contributed by atoms with Crippen molar-refractivity contribution in [3.05, 3.63) is 46.3 Å². The first-order chi connectivity index (χ1) is 16.9. The van der Waals surface area contributed by atoms with Crippen molar-refractivity contribution in [2.45, 2.75) is 77.4 Å². The maximum Gasteiger partial charge on any atom is 1.00 e. The summed E-state index contributed by atoms with van der Waals surface area (Å²) in [6, 6.07) is 5.42. The first kappa shape index (κ1) is 31.7. The van der Waals surface area contributed by atoms with Gasteiger partial charge in [0.25, 0.3) is 0 Å². The Morgan fingerprint density at radius 2 is 1.89 bits per heavy atom. The summed E-state index contributed by atoms with van der Waals surface area (Å²) in [7, 11) is 5.10. The van der Waals surface area contributed by atoms with E-state index in [1.54, 1.807) is 12.1 Å². The van der Waals surface area contributed by atoms with Gasteiger partial charge in [-0.2, -0.15) is 0 Å². The van der Waals surface area contributed by atoms with Crippen molar-refractivity contribution in [2.75, 3.05) is 21.2 Å². The van der Waals surface area contributed by atoms with Crippen LogP contribution in [0, 0.1) is 5.41 Å². The number of methoxy groups -OCH3 is 1. The van der Waals surface area contributed by atoms with Crippen molar-refractivity contribution in [3.8, 4) is 5.75 Å². The van der Waals surface area contributed by atoms with Gasteiger partial charge in [-0.1, -0.05) is 25.6 Å². The minimum absolute atomic E-state index is 0. The summed E-state index contributed by atoms with van der Waals surface area (Å²) in [5.74, 6) is 0.889. The van der Waals surface area contributed by atoms with Gasteiger partial charge in [0.15, 0.2) is 0 Å². The molecule has 2 aliphatic heterocycles. The number of hydrogen-bond donors (Lipinski definition) is 3. The molecule has 1 saturated heterocycles. The summed E-state index contributed by atoms with van der Waals surface area (Å²) >= 11 is 0. The number of phenolic OH excluding ortho intramolecular Hbond substituents is 1. The zero-order chi connectivity index (χ0) is 26.7. The molecule has 0 atom stereocenters. The number of piperidine rings is 1. The Kier molecular flexibility index (Phi) is 11.1. The van der Waals surface area contributed by atoms with Crippen LogP contribution in [0.2, 0.25) is 0 Å². The van der Waals surface area contributed by atoms with E-state index in [0.717, 1.165) is 25.1 Å². The van der Waals surface area contributed by atoms with Crippen molar-refractivity contribution < 1.29 is 61.2 Å². The van der Waals surface area contributed by atoms with E-state index in [0.29, 0.717) is 29.3 Å². The summed E-state index contributed by atoms with van der Waals surface area (Å²) in [4.78, 5) is 6.31. The zero-order valence-electron chi connectivity index (χ0n) is 23.8. The van der Waals surface area contributed by atoms with Crippen LogP contribution < -0.4 is 56.7 Å².